The van der Waals surface area contributed by atoms with Crippen LogP contribution in [0.4, 0.5) is 10.5 Å². The summed E-state index contributed by atoms with van der Waals surface area (Å²) in [7, 11) is 0. The topological polar surface area (TPSA) is 64.8 Å². The number of amides is 1. The van der Waals surface area contributed by atoms with Crippen LogP contribution in [0.5, 0.6) is 5.75 Å². The van der Waals surface area contributed by atoms with Crippen molar-refractivity contribution in [1.82, 2.24) is 0 Å². The van der Waals surface area contributed by atoms with Crippen LogP contribution < -0.4 is 15.4 Å². The number of cyclic esters (lactones) is 1. The molecule has 0 aliphatic carbocycles. The van der Waals surface area contributed by atoms with E-state index < -0.39 is 0 Å². The Balaban J connectivity index is 2.25. The summed E-state index contributed by atoms with van der Waals surface area (Å²) in [6, 6.07) is 5.59. The maximum absolute atomic E-state index is 11.6. The summed E-state index contributed by atoms with van der Waals surface area (Å²) in [5, 5.41) is 0. The van der Waals surface area contributed by atoms with E-state index in [-0.39, 0.29) is 6.09 Å². The van der Waals surface area contributed by atoms with E-state index in [1.54, 1.807) is 4.90 Å². The number of anilines is 1. The predicted molar refractivity (Wildman–Crippen MR) is 68.8 cm³/mol. The van der Waals surface area contributed by atoms with Crippen molar-refractivity contribution >= 4 is 11.8 Å². The average molecular weight is 250 g/mol. The van der Waals surface area contributed by atoms with Gasteiger partial charge in [-0.1, -0.05) is 0 Å². The summed E-state index contributed by atoms with van der Waals surface area (Å²) in [6.07, 6.45) is 0.546. The molecule has 1 aliphatic rings. The number of rotatable bonds is 4. The largest absolute Gasteiger partial charge is 0.494 e. The third-order valence-electron chi connectivity index (χ3n) is 2.85. The van der Waals surface area contributed by atoms with Crippen molar-refractivity contribution in [2.24, 2.45) is 5.73 Å². The summed E-state index contributed by atoms with van der Waals surface area (Å²) in [5.74, 6) is 0.772. The minimum Gasteiger partial charge on any atom is -0.494 e. The first-order chi connectivity index (χ1) is 8.76. The quantitative estimate of drug-likeness (QED) is 0.886. The van der Waals surface area contributed by atoms with Crippen LogP contribution in [0, 0.1) is 0 Å². The minimum atomic E-state index is -0.298. The van der Waals surface area contributed by atoms with E-state index in [0.717, 1.165) is 23.4 Å². The van der Waals surface area contributed by atoms with E-state index in [0.29, 0.717) is 26.3 Å². The molecule has 1 aromatic rings. The lowest BCUT2D eigenvalue weighted by Crippen LogP contribution is -2.37. The first-order valence-corrected chi connectivity index (χ1v) is 6.16. The standard InChI is InChI=1S/C13H18N2O3/c1-2-17-12-5-4-11(8-10(12)9-14)15-6-3-7-18-13(15)16/h4-5,8H,2-3,6-7,9,14H2,1H3. The average Bonchev–Trinajstić information content (AvgIpc) is 2.40. The Morgan fingerprint density at radius 3 is 3.00 bits per heavy atom. The maximum atomic E-state index is 11.6. The van der Waals surface area contributed by atoms with Gasteiger partial charge in [0.05, 0.1) is 13.2 Å². The fourth-order valence-electron chi connectivity index (χ4n) is 1.98. The third-order valence-corrected chi connectivity index (χ3v) is 2.85. The number of ether oxygens (including phenoxy) is 2. The van der Waals surface area contributed by atoms with E-state index in [9.17, 15) is 4.79 Å². The van der Waals surface area contributed by atoms with Crippen LogP contribution in [-0.4, -0.2) is 25.9 Å². The zero-order valence-electron chi connectivity index (χ0n) is 10.5. The van der Waals surface area contributed by atoms with Crippen LogP contribution in [0.1, 0.15) is 18.9 Å². The van der Waals surface area contributed by atoms with Crippen molar-refractivity contribution in [2.45, 2.75) is 19.9 Å². The van der Waals surface area contributed by atoms with E-state index in [1.807, 2.05) is 25.1 Å². The Bertz CT molecular complexity index is 434. The van der Waals surface area contributed by atoms with Gasteiger partial charge in [0.1, 0.15) is 5.75 Å². The molecule has 1 fully saturated rings. The Morgan fingerprint density at radius 2 is 2.33 bits per heavy atom. The van der Waals surface area contributed by atoms with Crippen molar-refractivity contribution in [3.05, 3.63) is 23.8 Å². The fraction of sp³-hybridized carbons (Fsp3) is 0.462. The molecule has 5 heteroatoms. The number of nitrogens with zero attached hydrogens (tertiary/aromatic N) is 1. The second kappa shape index (κ2) is 5.73. The molecule has 0 aromatic heterocycles. The molecule has 1 aliphatic heterocycles. The number of hydrogen-bond donors (Lipinski definition) is 1. The van der Waals surface area contributed by atoms with E-state index in [1.165, 1.54) is 0 Å². The Labute approximate surface area is 106 Å². The smallest absolute Gasteiger partial charge is 0.414 e. The Kier molecular flexibility index (Phi) is 4.04. The molecule has 2 rings (SSSR count). The highest BCUT2D eigenvalue weighted by atomic mass is 16.6. The van der Waals surface area contributed by atoms with Crippen LogP contribution in [-0.2, 0) is 11.3 Å². The molecule has 1 amide bonds. The van der Waals surface area contributed by atoms with Gasteiger partial charge in [0, 0.05) is 24.3 Å². The lowest BCUT2D eigenvalue weighted by molar-refractivity contribution is 0.140. The van der Waals surface area contributed by atoms with Crippen molar-refractivity contribution < 1.29 is 14.3 Å². The van der Waals surface area contributed by atoms with Gasteiger partial charge in [-0.05, 0) is 31.5 Å². The maximum Gasteiger partial charge on any atom is 0.414 e. The molecule has 0 atom stereocenters. The van der Waals surface area contributed by atoms with Gasteiger partial charge in [-0.25, -0.2) is 4.79 Å². The first kappa shape index (κ1) is 12.7. The van der Waals surface area contributed by atoms with Crippen molar-refractivity contribution in [3.63, 3.8) is 0 Å². The molecule has 1 heterocycles. The number of nitrogens with two attached hydrogens (primary N) is 1. The number of carbonyl (C=O) groups is 1. The van der Waals surface area contributed by atoms with E-state index in [4.69, 9.17) is 15.2 Å². The van der Waals surface area contributed by atoms with Gasteiger partial charge in [-0.2, -0.15) is 0 Å². The monoisotopic (exact) mass is 250 g/mol. The highest BCUT2D eigenvalue weighted by Crippen LogP contribution is 2.26. The SMILES string of the molecule is CCOc1ccc(N2CCCOC2=O)cc1CN. The van der Waals surface area contributed by atoms with Crippen LogP contribution in [0.2, 0.25) is 0 Å². The fourth-order valence-corrected chi connectivity index (χ4v) is 1.98. The third kappa shape index (κ3) is 2.56. The normalized spacial score (nSPS) is 15.4. The first-order valence-electron chi connectivity index (χ1n) is 6.16. The van der Waals surface area contributed by atoms with Gasteiger partial charge in [0.25, 0.3) is 0 Å². The number of carbonyl (C=O) groups excluding carboxylic acids is 1. The molecular weight excluding hydrogens is 232 g/mol. The highest BCUT2D eigenvalue weighted by molar-refractivity contribution is 5.88. The second-order valence-electron chi connectivity index (χ2n) is 4.05. The molecule has 1 aromatic carbocycles. The highest BCUT2D eigenvalue weighted by Gasteiger charge is 2.21. The summed E-state index contributed by atoms with van der Waals surface area (Å²) in [4.78, 5) is 13.3. The number of benzene rings is 1. The summed E-state index contributed by atoms with van der Waals surface area (Å²) in [6.45, 7) is 4.08. The van der Waals surface area contributed by atoms with Gasteiger partial charge in [0.15, 0.2) is 0 Å². The molecule has 0 saturated carbocycles. The summed E-state index contributed by atoms with van der Waals surface area (Å²) >= 11 is 0. The van der Waals surface area contributed by atoms with Crippen LogP contribution in [0.25, 0.3) is 0 Å². The predicted octanol–water partition coefficient (Wildman–Crippen LogP) is 1.89. The Morgan fingerprint density at radius 1 is 1.50 bits per heavy atom. The molecule has 0 spiro atoms. The summed E-state index contributed by atoms with van der Waals surface area (Å²) < 4.78 is 10.5. The van der Waals surface area contributed by atoms with Crippen LogP contribution in [0.15, 0.2) is 18.2 Å². The van der Waals surface area contributed by atoms with E-state index in [2.05, 4.69) is 0 Å². The zero-order valence-corrected chi connectivity index (χ0v) is 10.5. The molecule has 2 N–H and O–H groups in total. The molecule has 0 unspecified atom stereocenters. The lowest BCUT2D eigenvalue weighted by atomic mass is 10.1. The Hall–Kier alpha value is -1.75. The van der Waals surface area contributed by atoms with Crippen LogP contribution >= 0.6 is 0 Å². The van der Waals surface area contributed by atoms with Gasteiger partial charge in [-0.3, -0.25) is 4.90 Å². The van der Waals surface area contributed by atoms with Gasteiger partial charge < -0.3 is 15.2 Å². The van der Waals surface area contributed by atoms with Gasteiger partial charge in [0.2, 0.25) is 0 Å². The molecule has 0 radical (unpaired) electrons. The number of hydrogen-bond acceptors (Lipinski definition) is 4. The van der Waals surface area contributed by atoms with E-state index >= 15 is 0 Å². The van der Waals surface area contributed by atoms with Gasteiger partial charge in [-0.15, -0.1) is 0 Å². The second-order valence-corrected chi connectivity index (χ2v) is 4.05. The lowest BCUT2D eigenvalue weighted by Gasteiger charge is -2.27. The molecule has 0 bridgehead atoms. The minimum absolute atomic E-state index is 0.298. The van der Waals surface area contributed by atoms with Gasteiger partial charge >= 0.3 is 6.09 Å². The van der Waals surface area contributed by atoms with Crippen molar-refractivity contribution in [3.8, 4) is 5.75 Å². The molecule has 18 heavy (non-hydrogen) atoms. The van der Waals surface area contributed by atoms with Crippen LogP contribution in [0.3, 0.4) is 0 Å². The zero-order chi connectivity index (χ0) is 13.0. The molecular formula is C13H18N2O3. The molecule has 98 valence electrons. The summed E-state index contributed by atoms with van der Waals surface area (Å²) in [5.41, 5.74) is 7.40. The van der Waals surface area contributed by atoms with Crippen molar-refractivity contribution in [2.75, 3.05) is 24.7 Å². The molecule has 1 saturated heterocycles. The van der Waals surface area contributed by atoms with Crippen molar-refractivity contribution in [1.29, 1.82) is 0 Å². The molecule has 5 nitrogen and oxygen atoms in total.